The number of likely N-dealkylation sites (tertiary alicyclic amines) is 1. The van der Waals surface area contributed by atoms with E-state index in [0.29, 0.717) is 5.56 Å². The lowest BCUT2D eigenvalue weighted by Crippen LogP contribution is -2.54. The Hall–Kier alpha value is -1.12. The van der Waals surface area contributed by atoms with Crippen LogP contribution in [0.1, 0.15) is 5.56 Å². The van der Waals surface area contributed by atoms with Crippen molar-refractivity contribution in [3.8, 4) is 0 Å². The monoisotopic (exact) mass is 322 g/mol. The van der Waals surface area contributed by atoms with Crippen molar-refractivity contribution in [3.05, 3.63) is 35.9 Å². The van der Waals surface area contributed by atoms with Crippen molar-refractivity contribution in [2.24, 2.45) is 5.92 Å². The molecule has 1 heterocycles. The van der Waals surface area contributed by atoms with Crippen LogP contribution in [0.5, 0.6) is 0 Å². The second-order valence-electron chi connectivity index (χ2n) is 5.27. The minimum absolute atomic E-state index is 0.0575. The first-order valence-electron chi connectivity index (χ1n) is 6.54. The maximum Gasteiger partial charge on any atom is 0.401 e. The minimum Gasteiger partial charge on any atom is -0.294 e. The van der Waals surface area contributed by atoms with Crippen LogP contribution in [0.4, 0.5) is 13.2 Å². The van der Waals surface area contributed by atoms with Gasteiger partial charge in [-0.1, -0.05) is 30.3 Å². The number of nitrogens with zero attached hydrogens (tertiary/aromatic N) is 1. The van der Waals surface area contributed by atoms with Crippen molar-refractivity contribution in [1.82, 2.24) is 9.62 Å². The summed E-state index contributed by atoms with van der Waals surface area (Å²) >= 11 is 0. The summed E-state index contributed by atoms with van der Waals surface area (Å²) in [6.45, 7) is -0.204. The van der Waals surface area contributed by atoms with E-state index in [4.69, 9.17) is 0 Å². The Balaban J connectivity index is 1.72. The van der Waals surface area contributed by atoms with E-state index in [0.717, 1.165) is 0 Å². The van der Waals surface area contributed by atoms with Crippen LogP contribution in [0.3, 0.4) is 0 Å². The Labute approximate surface area is 122 Å². The zero-order chi connectivity index (χ0) is 15.5. The van der Waals surface area contributed by atoms with E-state index in [1.165, 1.54) is 4.90 Å². The second kappa shape index (κ2) is 6.33. The molecule has 1 aromatic rings. The second-order valence-corrected chi connectivity index (χ2v) is 7.08. The van der Waals surface area contributed by atoms with Crippen molar-refractivity contribution in [3.63, 3.8) is 0 Å². The van der Waals surface area contributed by atoms with Crippen molar-refractivity contribution < 1.29 is 21.6 Å². The lowest BCUT2D eigenvalue weighted by atomic mass is 10.0. The first kappa shape index (κ1) is 16.3. The topological polar surface area (TPSA) is 49.4 Å². The van der Waals surface area contributed by atoms with Gasteiger partial charge in [0.05, 0.1) is 12.3 Å². The van der Waals surface area contributed by atoms with Crippen LogP contribution in [-0.2, 0) is 15.8 Å². The maximum atomic E-state index is 12.1. The average molecular weight is 322 g/mol. The molecule has 0 saturated carbocycles. The standard InChI is InChI=1S/C13H17F3N2O2S/c14-13(15,16)10-18-7-12(8-18)6-17-21(19,20)9-11-4-2-1-3-5-11/h1-5,12,17H,6-10H2. The summed E-state index contributed by atoms with van der Waals surface area (Å²) in [5.74, 6) is -0.176. The minimum atomic E-state index is -4.20. The SMILES string of the molecule is O=S(=O)(Cc1ccccc1)NCC1CN(CC(F)(F)F)C1. The fourth-order valence-electron chi connectivity index (χ4n) is 2.28. The fourth-order valence-corrected chi connectivity index (χ4v) is 3.50. The van der Waals surface area contributed by atoms with Gasteiger partial charge in [0.1, 0.15) is 0 Å². The van der Waals surface area contributed by atoms with Gasteiger partial charge in [-0.15, -0.1) is 0 Å². The summed E-state index contributed by atoms with van der Waals surface area (Å²) in [6.07, 6.45) is -4.20. The highest BCUT2D eigenvalue weighted by Gasteiger charge is 2.37. The quantitative estimate of drug-likeness (QED) is 0.865. The van der Waals surface area contributed by atoms with Crippen LogP contribution in [0.2, 0.25) is 0 Å². The van der Waals surface area contributed by atoms with Crippen molar-refractivity contribution in [1.29, 1.82) is 0 Å². The van der Waals surface area contributed by atoms with Crippen LogP contribution < -0.4 is 4.72 Å². The summed E-state index contributed by atoms with van der Waals surface area (Å²) in [5, 5.41) is 0. The first-order valence-corrected chi connectivity index (χ1v) is 8.19. The van der Waals surface area contributed by atoms with Gasteiger partial charge < -0.3 is 0 Å². The van der Waals surface area contributed by atoms with Gasteiger partial charge >= 0.3 is 6.18 Å². The number of benzene rings is 1. The van der Waals surface area contributed by atoms with E-state index >= 15 is 0 Å². The number of hydrogen-bond acceptors (Lipinski definition) is 3. The Morgan fingerprint density at radius 2 is 1.81 bits per heavy atom. The lowest BCUT2D eigenvalue weighted by Gasteiger charge is -2.39. The summed E-state index contributed by atoms with van der Waals surface area (Å²) < 4.78 is 62.5. The van der Waals surface area contributed by atoms with Gasteiger partial charge in [0.15, 0.2) is 0 Å². The van der Waals surface area contributed by atoms with Gasteiger partial charge in [-0.2, -0.15) is 13.2 Å². The first-order chi connectivity index (χ1) is 9.73. The molecule has 4 nitrogen and oxygen atoms in total. The highest BCUT2D eigenvalue weighted by Crippen LogP contribution is 2.22. The van der Waals surface area contributed by atoms with Gasteiger partial charge in [0, 0.05) is 19.6 Å². The van der Waals surface area contributed by atoms with Gasteiger partial charge in [-0.25, -0.2) is 13.1 Å². The largest absolute Gasteiger partial charge is 0.401 e. The molecule has 118 valence electrons. The maximum absolute atomic E-state index is 12.1. The summed E-state index contributed by atoms with van der Waals surface area (Å²) in [4.78, 5) is 1.26. The van der Waals surface area contributed by atoms with Gasteiger partial charge in [0.2, 0.25) is 10.0 Å². The zero-order valence-corrected chi connectivity index (χ0v) is 12.1. The molecule has 1 aliphatic heterocycles. The molecule has 0 radical (unpaired) electrons. The third-order valence-corrected chi connectivity index (χ3v) is 4.55. The smallest absolute Gasteiger partial charge is 0.294 e. The molecule has 0 spiro atoms. The van der Waals surface area contributed by atoms with E-state index in [-0.39, 0.29) is 31.3 Å². The van der Waals surface area contributed by atoms with Gasteiger partial charge in [-0.3, -0.25) is 4.90 Å². The molecule has 1 N–H and O–H groups in total. The molecule has 0 atom stereocenters. The molecule has 1 fully saturated rings. The number of rotatable bonds is 6. The van der Waals surface area contributed by atoms with E-state index in [1.54, 1.807) is 30.3 Å². The van der Waals surface area contributed by atoms with Crippen LogP contribution in [-0.4, -0.2) is 45.7 Å². The van der Waals surface area contributed by atoms with Crippen molar-refractivity contribution >= 4 is 10.0 Å². The summed E-state index contributed by atoms with van der Waals surface area (Å²) in [5.41, 5.74) is 0.678. The van der Waals surface area contributed by atoms with Crippen molar-refractivity contribution in [2.45, 2.75) is 11.9 Å². The molecule has 8 heteroatoms. The Morgan fingerprint density at radius 3 is 2.38 bits per heavy atom. The normalized spacial score (nSPS) is 17.7. The molecular formula is C13H17F3N2O2S. The molecule has 1 saturated heterocycles. The number of nitrogens with one attached hydrogen (secondary N) is 1. The molecule has 1 aromatic carbocycles. The molecular weight excluding hydrogens is 305 g/mol. The predicted molar refractivity (Wildman–Crippen MR) is 73.1 cm³/mol. The number of halogens is 3. The molecule has 0 aliphatic carbocycles. The third kappa shape index (κ3) is 5.64. The Kier molecular flexibility index (Phi) is 4.90. The van der Waals surface area contributed by atoms with E-state index in [2.05, 4.69) is 4.72 Å². The average Bonchev–Trinajstić information content (AvgIpc) is 2.31. The number of sulfonamides is 1. The third-order valence-electron chi connectivity index (χ3n) is 3.23. The Bertz CT molecular complexity index is 555. The fraction of sp³-hybridized carbons (Fsp3) is 0.538. The summed E-state index contributed by atoms with van der Waals surface area (Å²) in [7, 11) is -3.45. The van der Waals surface area contributed by atoms with Crippen LogP contribution >= 0.6 is 0 Å². The Morgan fingerprint density at radius 1 is 1.19 bits per heavy atom. The molecule has 0 unspecified atom stereocenters. The summed E-state index contributed by atoms with van der Waals surface area (Å²) in [6, 6.07) is 8.74. The van der Waals surface area contributed by atoms with Gasteiger partial charge in [0.25, 0.3) is 0 Å². The molecule has 21 heavy (non-hydrogen) atoms. The molecule has 0 amide bonds. The molecule has 2 rings (SSSR count). The molecule has 0 bridgehead atoms. The highest BCUT2D eigenvalue weighted by atomic mass is 32.2. The van der Waals surface area contributed by atoms with Crippen LogP contribution in [0.15, 0.2) is 30.3 Å². The molecule has 1 aliphatic rings. The van der Waals surface area contributed by atoms with E-state index in [9.17, 15) is 21.6 Å². The van der Waals surface area contributed by atoms with Gasteiger partial charge in [-0.05, 0) is 11.5 Å². The predicted octanol–water partition coefficient (Wildman–Crippen LogP) is 1.60. The van der Waals surface area contributed by atoms with Crippen molar-refractivity contribution in [2.75, 3.05) is 26.2 Å². The van der Waals surface area contributed by atoms with Crippen LogP contribution in [0, 0.1) is 5.92 Å². The molecule has 0 aromatic heterocycles. The lowest BCUT2D eigenvalue weighted by molar-refractivity contribution is -0.158. The number of hydrogen-bond donors (Lipinski definition) is 1. The van der Waals surface area contributed by atoms with Crippen LogP contribution in [0.25, 0.3) is 0 Å². The van der Waals surface area contributed by atoms with E-state index in [1.807, 2.05) is 0 Å². The van der Waals surface area contributed by atoms with E-state index < -0.39 is 22.7 Å². The highest BCUT2D eigenvalue weighted by molar-refractivity contribution is 7.88. The zero-order valence-electron chi connectivity index (χ0n) is 11.3. The number of alkyl halides is 3.